The Labute approximate surface area is 225 Å². The summed E-state index contributed by atoms with van der Waals surface area (Å²) in [6.45, 7) is 3.89. The third kappa shape index (κ3) is 6.65. The Balaban J connectivity index is 1.88. The molecule has 0 unspecified atom stereocenters. The predicted molar refractivity (Wildman–Crippen MR) is 152 cm³/mol. The van der Waals surface area contributed by atoms with Gasteiger partial charge in [-0.25, -0.2) is 4.99 Å². The van der Waals surface area contributed by atoms with Gasteiger partial charge in [0.1, 0.15) is 11.6 Å². The number of ether oxygens (including phenoxy) is 4. The quantitative estimate of drug-likeness (QED) is 0.162. The molecule has 4 aromatic rings. The molecule has 0 aliphatic heterocycles. The molecule has 4 aromatic carbocycles. The minimum atomic E-state index is 0.539. The van der Waals surface area contributed by atoms with Crippen LogP contribution in [0.4, 0.5) is 5.69 Å². The van der Waals surface area contributed by atoms with Crippen LogP contribution in [0.25, 0.3) is 0 Å². The highest BCUT2D eigenvalue weighted by atomic mass is 16.5. The molecule has 0 saturated carbocycles. The van der Waals surface area contributed by atoms with Crippen molar-refractivity contribution in [1.29, 1.82) is 0 Å². The van der Waals surface area contributed by atoms with Crippen LogP contribution < -0.4 is 18.9 Å². The van der Waals surface area contributed by atoms with E-state index in [1.165, 1.54) is 11.1 Å². The maximum Gasteiger partial charge on any atom is 0.203 e. The molecule has 0 radical (unpaired) electrons. The van der Waals surface area contributed by atoms with Crippen LogP contribution in [0.1, 0.15) is 23.6 Å². The molecule has 0 fully saturated rings. The zero-order valence-corrected chi connectivity index (χ0v) is 22.4. The van der Waals surface area contributed by atoms with Crippen LogP contribution in [0.2, 0.25) is 0 Å². The molecule has 0 saturated heterocycles. The highest BCUT2D eigenvalue weighted by molar-refractivity contribution is 6.01. The van der Waals surface area contributed by atoms with E-state index in [9.17, 15) is 0 Å². The first-order chi connectivity index (χ1) is 18.6. The topological polar surface area (TPSA) is 52.5 Å². The summed E-state index contributed by atoms with van der Waals surface area (Å²) in [5.74, 6) is 3.27. The Morgan fingerprint density at radius 2 is 1.21 bits per heavy atom. The Hall–Kier alpha value is -4.45. The molecule has 0 amide bonds. The number of rotatable bonds is 11. The molecular formula is C32H34N2O4. The molecule has 6 nitrogen and oxygen atoms in total. The maximum absolute atomic E-state index is 5.68. The van der Waals surface area contributed by atoms with Crippen LogP contribution in [-0.4, -0.2) is 38.7 Å². The highest BCUT2D eigenvalue weighted by Crippen LogP contribution is 2.39. The average Bonchev–Trinajstić information content (AvgIpc) is 2.97. The van der Waals surface area contributed by atoms with Crippen LogP contribution in [0.5, 0.6) is 23.0 Å². The van der Waals surface area contributed by atoms with E-state index in [0.717, 1.165) is 22.8 Å². The minimum Gasteiger partial charge on any atom is -0.494 e. The van der Waals surface area contributed by atoms with Crippen molar-refractivity contribution in [3.8, 4) is 23.0 Å². The first-order valence-corrected chi connectivity index (χ1v) is 12.6. The van der Waals surface area contributed by atoms with E-state index in [-0.39, 0.29) is 0 Å². The van der Waals surface area contributed by atoms with Gasteiger partial charge in [-0.2, -0.15) is 0 Å². The number of methoxy groups -OCH3 is 3. The molecule has 0 N–H and O–H groups in total. The molecule has 6 heteroatoms. The van der Waals surface area contributed by atoms with Crippen molar-refractivity contribution in [2.24, 2.45) is 4.99 Å². The van der Waals surface area contributed by atoms with E-state index < -0.39 is 0 Å². The molecular weight excluding hydrogens is 476 g/mol. The monoisotopic (exact) mass is 510 g/mol. The van der Waals surface area contributed by atoms with Crippen LogP contribution in [-0.2, 0) is 13.1 Å². The second-order valence-electron chi connectivity index (χ2n) is 8.60. The van der Waals surface area contributed by atoms with Gasteiger partial charge in [0.2, 0.25) is 5.75 Å². The lowest BCUT2D eigenvalue weighted by Crippen LogP contribution is -2.31. The van der Waals surface area contributed by atoms with E-state index in [2.05, 4.69) is 53.4 Å². The second kappa shape index (κ2) is 13.2. The van der Waals surface area contributed by atoms with Gasteiger partial charge in [0.15, 0.2) is 11.5 Å². The summed E-state index contributed by atoms with van der Waals surface area (Å²) in [7, 11) is 4.85. The molecule has 0 aliphatic carbocycles. The van der Waals surface area contributed by atoms with Gasteiger partial charge in [-0.1, -0.05) is 60.7 Å². The summed E-state index contributed by atoms with van der Waals surface area (Å²) < 4.78 is 22.6. The highest BCUT2D eigenvalue weighted by Gasteiger charge is 2.21. The minimum absolute atomic E-state index is 0.539. The van der Waals surface area contributed by atoms with Gasteiger partial charge in [0.05, 0.1) is 33.6 Å². The number of nitrogens with zero attached hydrogens (tertiary/aromatic N) is 2. The van der Waals surface area contributed by atoms with Gasteiger partial charge < -0.3 is 23.8 Å². The number of hydrogen-bond donors (Lipinski definition) is 0. The molecule has 0 aromatic heterocycles. The van der Waals surface area contributed by atoms with Crippen molar-refractivity contribution in [3.05, 3.63) is 114 Å². The van der Waals surface area contributed by atoms with Crippen molar-refractivity contribution in [3.63, 3.8) is 0 Å². The number of hydrogen-bond acceptors (Lipinski definition) is 5. The first kappa shape index (κ1) is 26.6. The van der Waals surface area contributed by atoms with Crippen molar-refractivity contribution >= 4 is 11.5 Å². The lowest BCUT2D eigenvalue weighted by atomic mass is 10.1. The molecule has 0 spiro atoms. The number of amidine groups is 1. The fourth-order valence-electron chi connectivity index (χ4n) is 4.25. The Morgan fingerprint density at radius 3 is 1.66 bits per heavy atom. The van der Waals surface area contributed by atoms with Gasteiger partial charge >= 0.3 is 0 Å². The third-order valence-electron chi connectivity index (χ3n) is 6.04. The van der Waals surface area contributed by atoms with Gasteiger partial charge in [-0.15, -0.1) is 0 Å². The van der Waals surface area contributed by atoms with E-state index in [4.69, 9.17) is 23.9 Å². The van der Waals surface area contributed by atoms with Gasteiger partial charge in [-0.05, 0) is 54.4 Å². The molecule has 0 bridgehead atoms. The van der Waals surface area contributed by atoms with E-state index in [0.29, 0.717) is 36.9 Å². The smallest absolute Gasteiger partial charge is 0.203 e. The Bertz CT molecular complexity index is 1260. The van der Waals surface area contributed by atoms with Crippen LogP contribution >= 0.6 is 0 Å². The fraction of sp³-hybridized carbons (Fsp3) is 0.219. The van der Waals surface area contributed by atoms with Gasteiger partial charge in [-0.3, -0.25) is 0 Å². The van der Waals surface area contributed by atoms with Gasteiger partial charge in [0, 0.05) is 18.7 Å². The summed E-state index contributed by atoms with van der Waals surface area (Å²) in [5.41, 5.74) is 4.01. The average molecular weight is 511 g/mol. The number of benzene rings is 4. The lowest BCUT2D eigenvalue weighted by Gasteiger charge is -2.28. The zero-order valence-electron chi connectivity index (χ0n) is 22.4. The third-order valence-corrected chi connectivity index (χ3v) is 6.04. The second-order valence-corrected chi connectivity index (χ2v) is 8.60. The SMILES string of the molecule is CCOc1ccc(N=C(c2cc(OC)c(OC)c(OC)c2)N(Cc2ccccc2)Cc2ccccc2)cc1. The van der Waals surface area contributed by atoms with Crippen LogP contribution in [0, 0.1) is 0 Å². The fourth-order valence-corrected chi connectivity index (χ4v) is 4.25. The molecule has 4 rings (SSSR count). The normalized spacial score (nSPS) is 11.1. The maximum atomic E-state index is 5.68. The van der Waals surface area contributed by atoms with E-state index in [1.807, 2.05) is 55.5 Å². The van der Waals surface area contributed by atoms with Crippen LogP contribution in [0.15, 0.2) is 102 Å². The van der Waals surface area contributed by atoms with Crippen molar-refractivity contribution in [1.82, 2.24) is 4.90 Å². The molecule has 0 atom stereocenters. The summed E-state index contributed by atoms with van der Waals surface area (Å²) in [6.07, 6.45) is 0. The van der Waals surface area contributed by atoms with Crippen molar-refractivity contribution < 1.29 is 18.9 Å². The summed E-state index contributed by atoms with van der Waals surface area (Å²) >= 11 is 0. The molecule has 0 heterocycles. The van der Waals surface area contributed by atoms with Crippen LogP contribution in [0.3, 0.4) is 0 Å². The van der Waals surface area contributed by atoms with Crippen molar-refractivity contribution in [2.75, 3.05) is 27.9 Å². The van der Waals surface area contributed by atoms with E-state index in [1.54, 1.807) is 21.3 Å². The molecule has 38 heavy (non-hydrogen) atoms. The summed E-state index contributed by atoms with van der Waals surface area (Å²) in [5, 5.41) is 0. The first-order valence-electron chi connectivity index (χ1n) is 12.6. The summed E-state index contributed by atoms with van der Waals surface area (Å²) in [4.78, 5) is 7.43. The molecule has 0 aliphatic rings. The van der Waals surface area contributed by atoms with Gasteiger partial charge in [0.25, 0.3) is 0 Å². The zero-order chi connectivity index (χ0) is 26.7. The largest absolute Gasteiger partial charge is 0.494 e. The Morgan fingerprint density at radius 1 is 0.684 bits per heavy atom. The Kier molecular flexibility index (Phi) is 9.24. The molecule has 196 valence electrons. The van der Waals surface area contributed by atoms with E-state index >= 15 is 0 Å². The number of aliphatic imine (C=N–C) groups is 1. The predicted octanol–water partition coefficient (Wildman–Crippen LogP) is 6.89. The van der Waals surface area contributed by atoms with Crippen molar-refractivity contribution in [2.45, 2.75) is 20.0 Å². The standard InChI is InChI=1S/C32H34N2O4/c1-5-38-28-18-16-27(17-19-28)33-32(26-20-29(35-2)31(37-4)30(21-26)36-3)34(22-24-12-8-6-9-13-24)23-25-14-10-7-11-15-25/h6-21H,5,22-23H2,1-4H3. The summed E-state index contributed by atoms with van der Waals surface area (Å²) in [6, 6.07) is 32.5. The lowest BCUT2D eigenvalue weighted by molar-refractivity contribution is 0.324.